The van der Waals surface area contributed by atoms with Crippen LogP contribution in [0.15, 0.2) is 9.98 Å². The Morgan fingerprint density at radius 1 is 0.509 bits per heavy atom. The topological polar surface area (TPSA) is 257 Å². The molecule has 21 heteroatoms. The fourth-order valence-electron chi connectivity index (χ4n) is 3.12. The normalized spacial score (nSPS) is 12.0. The molecule has 0 heterocycles. The molecule has 4 amide bonds. The van der Waals surface area contributed by atoms with Gasteiger partial charge in [-0.3, -0.25) is 40.8 Å². The Morgan fingerprint density at radius 3 is 1.11 bits per heavy atom. The standard InChI is InChI=1S/C32H53ClN6O14/c1-29(2,3)50-25(43)36-23(37-26(44)51-30(4,5)6)34-15-13-20(40)47-17-19(18-48-22(33)42)49-21(41)14-16-35-24(38-27(45)52-31(7,8)9)39-28(46)53-32(10,11)12/h19H,13-18H2,1-12H3,(H2,34,36,37,43,44)(H2,35,38,39,45,46). The second kappa shape index (κ2) is 21.6. The number of carbonyl (C=O) groups excluding carboxylic acids is 7. The van der Waals surface area contributed by atoms with E-state index in [-0.39, 0.29) is 31.4 Å². The monoisotopic (exact) mass is 780 g/mol. The minimum absolute atomic E-state index is 0.296. The van der Waals surface area contributed by atoms with Gasteiger partial charge in [-0.1, -0.05) is 0 Å². The molecule has 4 N–H and O–H groups in total. The number of nitrogens with zero attached hydrogens (tertiary/aromatic N) is 2. The number of ether oxygens (including phenoxy) is 7. The van der Waals surface area contributed by atoms with Crippen LogP contribution in [0.25, 0.3) is 0 Å². The van der Waals surface area contributed by atoms with Crippen LogP contribution in [0.3, 0.4) is 0 Å². The average Bonchev–Trinajstić information content (AvgIpc) is 2.89. The number of aliphatic imine (C=N–C) groups is 2. The maximum atomic E-state index is 12.6. The van der Waals surface area contributed by atoms with E-state index < -0.39 is 89.9 Å². The van der Waals surface area contributed by atoms with Crippen LogP contribution in [0.2, 0.25) is 0 Å². The molecule has 0 saturated carbocycles. The first-order valence-electron chi connectivity index (χ1n) is 16.3. The summed E-state index contributed by atoms with van der Waals surface area (Å²) >= 11 is 5.23. The number of rotatable bonds is 11. The fourth-order valence-corrected chi connectivity index (χ4v) is 3.18. The minimum atomic E-state index is -1.31. The van der Waals surface area contributed by atoms with Gasteiger partial charge in [0.05, 0.1) is 25.9 Å². The first kappa shape index (κ1) is 48.1. The van der Waals surface area contributed by atoms with Crippen molar-refractivity contribution in [1.29, 1.82) is 0 Å². The second-order valence-corrected chi connectivity index (χ2v) is 15.1. The molecule has 53 heavy (non-hydrogen) atoms. The van der Waals surface area contributed by atoms with Crippen LogP contribution in [-0.4, -0.2) is 108 Å². The number of hydrogen-bond donors (Lipinski definition) is 4. The number of nitrogens with one attached hydrogen (secondary N) is 4. The quantitative estimate of drug-likeness (QED) is 0.0745. The van der Waals surface area contributed by atoms with Gasteiger partial charge < -0.3 is 33.2 Å². The maximum Gasteiger partial charge on any atom is 0.414 e. The molecule has 0 aromatic carbocycles. The highest BCUT2D eigenvalue weighted by Gasteiger charge is 2.24. The number of esters is 2. The summed E-state index contributed by atoms with van der Waals surface area (Å²) in [4.78, 5) is 93.3. The molecule has 1 unspecified atom stereocenters. The van der Waals surface area contributed by atoms with E-state index in [4.69, 9.17) is 40.0 Å². The lowest BCUT2D eigenvalue weighted by molar-refractivity contribution is -0.161. The highest BCUT2D eigenvalue weighted by Crippen LogP contribution is 2.10. The van der Waals surface area contributed by atoms with Crippen molar-refractivity contribution >= 4 is 65.3 Å². The third kappa shape index (κ3) is 29.4. The largest absolute Gasteiger partial charge is 0.462 e. The van der Waals surface area contributed by atoms with Crippen molar-refractivity contribution < 1.29 is 66.7 Å². The summed E-state index contributed by atoms with van der Waals surface area (Å²) in [5, 5.41) is 9.06. The number of guanidine groups is 2. The molecular formula is C32H53ClN6O14. The van der Waals surface area contributed by atoms with E-state index >= 15 is 0 Å². The van der Waals surface area contributed by atoms with Gasteiger partial charge in [-0.25, -0.2) is 24.0 Å². The Kier molecular flexibility index (Phi) is 19.6. The molecule has 0 radical (unpaired) electrons. The van der Waals surface area contributed by atoms with Gasteiger partial charge in [0.2, 0.25) is 11.9 Å². The van der Waals surface area contributed by atoms with Gasteiger partial charge in [-0.2, -0.15) is 0 Å². The zero-order valence-electron chi connectivity index (χ0n) is 32.3. The molecule has 0 aliphatic rings. The Morgan fingerprint density at radius 2 is 0.811 bits per heavy atom. The maximum absolute atomic E-state index is 12.6. The molecule has 0 aliphatic carbocycles. The number of alkyl carbamates (subject to hydrolysis) is 4. The van der Waals surface area contributed by atoms with E-state index in [2.05, 4.69) is 36.0 Å². The Labute approximate surface area is 313 Å². The number of amides is 4. The summed E-state index contributed by atoms with van der Waals surface area (Å²) in [6, 6.07) is 0. The van der Waals surface area contributed by atoms with Crippen LogP contribution < -0.4 is 21.3 Å². The smallest absolute Gasteiger partial charge is 0.414 e. The highest BCUT2D eigenvalue weighted by molar-refractivity contribution is 6.61. The van der Waals surface area contributed by atoms with Crippen molar-refractivity contribution in [3.8, 4) is 0 Å². The van der Waals surface area contributed by atoms with E-state index in [9.17, 15) is 33.6 Å². The summed E-state index contributed by atoms with van der Waals surface area (Å²) in [6.07, 6.45) is -5.86. The second-order valence-electron chi connectivity index (χ2n) is 14.8. The Bertz CT molecular complexity index is 1290. The highest BCUT2D eigenvalue weighted by atomic mass is 35.5. The van der Waals surface area contributed by atoms with E-state index in [1.807, 2.05) is 0 Å². The zero-order chi connectivity index (χ0) is 41.2. The minimum Gasteiger partial charge on any atom is -0.462 e. The van der Waals surface area contributed by atoms with E-state index in [0.717, 1.165) is 0 Å². The SMILES string of the molecule is CC(C)(C)OC(=O)NC(=NCCC(=O)OCC(COC(=O)Cl)OC(=O)CCN=C(NC(=O)OC(C)(C)C)NC(=O)OC(C)(C)C)NC(=O)OC(C)(C)C. The molecule has 0 bridgehead atoms. The summed E-state index contributed by atoms with van der Waals surface area (Å²) in [6.45, 7) is 17.7. The lowest BCUT2D eigenvalue weighted by atomic mass is 10.2. The van der Waals surface area contributed by atoms with Gasteiger partial charge in [-0.05, 0) is 83.1 Å². The van der Waals surface area contributed by atoms with Crippen molar-refractivity contribution in [2.45, 2.75) is 124 Å². The third-order valence-corrected chi connectivity index (χ3v) is 4.87. The molecule has 20 nitrogen and oxygen atoms in total. The van der Waals surface area contributed by atoms with Gasteiger partial charge in [0.25, 0.3) is 0 Å². The van der Waals surface area contributed by atoms with Crippen LogP contribution in [0.1, 0.15) is 95.9 Å². The molecular weight excluding hydrogens is 728 g/mol. The lowest BCUT2D eigenvalue weighted by Crippen LogP contribution is -2.47. The lowest BCUT2D eigenvalue weighted by Gasteiger charge is -2.22. The molecule has 0 spiro atoms. The van der Waals surface area contributed by atoms with Crippen LogP contribution in [0.4, 0.5) is 24.0 Å². The van der Waals surface area contributed by atoms with E-state index in [1.165, 1.54) is 0 Å². The number of halogens is 1. The van der Waals surface area contributed by atoms with Gasteiger partial charge >= 0.3 is 41.7 Å². The predicted molar refractivity (Wildman–Crippen MR) is 189 cm³/mol. The van der Waals surface area contributed by atoms with E-state index in [1.54, 1.807) is 83.1 Å². The average molecular weight is 781 g/mol. The van der Waals surface area contributed by atoms with Gasteiger partial charge in [0.15, 0.2) is 6.10 Å². The molecule has 1 atom stereocenters. The van der Waals surface area contributed by atoms with Gasteiger partial charge in [-0.15, -0.1) is 0 Å². The summed E-state index contributed by atoms with van der Waals surface area (Å²) < 4.78 is 35.7. The Balaban J connectivity index is 5.50. The molecule has 0 aromatic heterocycles. The summed E-state index contributed by atoms with van der Waals surface area (Å²) in [7, 11) is 0. The van der Waals surface area contributed by atoms with E-state index in [0.29, 0.717) is 0 Å². The van der Waals surface area contributed by atoms with Crippen LogP contribution in [-0.2, 0) is 42.7 Å². The fraction of sp³-hybridized carbons (Fsp3) is 0.719. The molecule has 0 aromatic rings. The molecule has 0 fully saturated rings. The van der Waals surface area contributed by atoms with Crippen molar-refractivity contribution in [2.75, 3.05) is 26.3 Å². The van der Waals surface area contributed by atoms with Crippen molar-refractivity contribution in [3.05, 3.63) is 0 Å². The predicted octanol–water partition coefficient (Wildman–Crippen LogP) is 4.41. The Hall–Kier alpha value is -4.88. The van der Waals surface area contributed by atoms with Crippen molar-refractivity contribution in [2.24, 2.45) is 9.98 Å². The van der Waals surface area contributed by atoms with Gasteiger partial charge in [0.1, 0.15) is 35.6 Å². The number of carbonyl (C=O) groups is 7. The zero-order valence-corrected chi connectivity index (χ0v) is 33.1. The van der Waals surface area contributed by atoms with Gasteiger partial charge in [0, 0.05) is 11.6 Å². The first-order valence-corrected chi connectivity index (χ1v) is 16.7. The summed E-state index contributed by atoms with van der Waals surface area (Å²) in [5.41, 5.74) is -4.69. The molecule has 302 valence electrons. The van der Waals surface area contributed by atoms with Crippen LogP contribution >= 0.6 is 11.6 Å². The first-order chi connectivity index (χ1) is 24.0. The third-order valence-electron chi connectivity index (χ3n) is 4.76. The van der Waals surface area contributed by atoms with Crippen LogP contribution in [0.5, 0.6) is 0 Å². The number of hydrogen-bond acceptors (Lipinski definition) is 16. The molecule has 0 aliphatic heterocycles. The molecule has 0 rings (SSSR count). The van der Waals surface area contributed by atoms with Crippen molar-refractivity contribution in [3.63, 3.8) is 0 Å². The molecule has 0 saturated heterocycles. The van der Waals surface area contributed by atoms with Crippen LogP contribution in [0, 0.1) is 0 Å². The van der Waals surface area contributed by atoms with Crippen molar-refractivity contribution in [1.82, 2.24) is 21.3 Å². The summed E-state index contributed by atoms with van der Waals surface area (Å²) in [5.74, 6) is -2.49.